The molecule has 0 bridgehead atoms. The van der Waals surface area contributed by atoms with E-state index in [1.807, 2.05) is 6.07 Å². The molecular formula is C23H36BrClN2. The van der Waals surface area contributed by atoms with Crippen LogP contribution in [0.1, 0.15) is 63.9 Å². The van der Waals surface area contributed by atoms with Gasteiger partial charge in [0.25, 0.3) is 0 Å². The Labute approximate surface area is 179 Å². The number of hydrogen-bond acceptors (Lipinski definition) is 2. The van der Waals surface area contributed by atoms with Crippen LogP contribution in [0.25, 0.3) is 0 Å². The lowest BCUT2D eigenvalue weighted by atomic mass is 9.83. The minimum atomic E-state index is 0.796. The van der Waals surface area contributed by atoms with Crippen LogP contribution in [0.3, 0.4) is 0 Å². The van der Waals surface area contributed by atoms with Gasteiger partial charge in [0, 0.05) is 15.5 Å². The van der Waals surface area contributed by atoms with Crippen LogP contribution < -0.4 is 5.32 Å². The molecule has 0 unspecified atom stereocenters. The van der Waals surface area contributed by atoms with Crippen LogP contribution in [0.2, 0.25) is 5.02 Å². The summed E-state index contributed by atoms with van der Waals surface area (Å²) in [4.78, 5) is 2.70. The maximum Gasteiger partial charge on any atom is 0.0409 e. The van der Waals surface area contributed by atoms with E-state index >= 15 is 0 Å². The summed E-state index contributed by atoms with van der Waals surface area (Å²) in [6.07, 6.45) is 12.3. The second kappa shape index (κ2) is 11.2. The van der Waals surface area contributed by atoms with Crippen molar-refractivity contribution in [1.82, 2.24) is 10.2 Å². The van der Waals surface area contributed by atoms with Crippen molar-refractivity contribution in [2.45, 2.75) is 70.8 Å². The van der Waals surface area contributed by atoms with Crippen molar-refractivity contribution < 1.29 is 0 Å². The molecule has 2 nitrogen and oxygen atoms in total. The quantitative estimate of drug-likeness (QED) is 0.494. The first kappa shape index (κ1) is 21.6. The SMILES string of the molecule is CCN[C@H]1CC[C@H](CCCN2CCC(Cc3cc(Cl)ccc3Br)CC2)CC1. The van der Waals surface area contributed by atoms with Crippen LogP contribution in [0.15, 0.2) is 22.7 Å². The molecule has 0 amide bonds. The van der Waals surface area contributed by atoms with Crippen LogP contribution in [-0.2, 0) is 6.42 Å². The van der Waals surface area contributed by atoms with Crippen molar-refractivity contribution in [1.29, 1.82) is 0 Å². The third kappa shape index (κ3) is 7.03. The van der Waals surface area contributed by atoms with Crippen LogP contribution >= 0.6 is 27.5 Å². The summed E-state index contributed by atoms with van der Waals surface area (Å²) in [5.74, 6) is 1.79. The molecule has 1 N–H and O–H groups in total. The largest absolute Gasteiger partial charge is 0.314 e. The number of halogens is 2. The smallest absolute Gasteiger partial charge is 0.0409 e. The number of rotatable bonds is 8. The van der Waals surface area contributed by atoms with Crippen molar-refractivity contribution in [3.05, 3.63) is 33.3 Å². The number of benzene rings is 1. The fourth-order valence-corrected chi connectivity index (χ4v) is 5.58. The molecule has 0 aromatic heterocycles. The van der Waals surface area contributed by atoms with Crippen LogP contribution in [0, 0.1) is 11.8 Å². The number of likely N-dealkylation sites (tertiary alicyclic amines) is 1. The Morgan fingerprint density at radius 2 is 1.81 bits per heavy atom. The second-order valence-corrected chi connectivity index (χ2v) is 9.93. The van der Waals surface area contributed by atoms with Crippen LogP contribution in [0.4, 0.5) is 0 Å². The van der Waals surface area contributed by atoms with Gasteiger partial charge in [-0.2, -0.15) is 0 Å². The average Bonchev–Trinajstić information content (AvgIpc) is 2.68. The van der Waals surface area contributed by atoms with E-state index in [-0.39, 0.29) is 0 Å². The molecule has 1 aliphatic carbocycles. The number of piperidine rings is 1. The maximum atomic E-state index is 6.17. The molecule has 1 aromatic carbocycles. The van der Waals surface area contributed by atoms with Gasteiger partial charge in [-0.25, -0.2) is 0 Å². The first-order valence-electron chi connectivity index (χ1n) is 11.0. The van der Waals surface area contributed by atoms with Gasteiger partial charge in [0.2, 0.25) is 0 Å². The topological polar surface area (TPSA) is 15.3 Å². The predicted octanol–water partition coefficient (Wildman–Crippen LogP) is 6.31. The van der Waals surface area contributed by atoms with Gasteiger partial charge in [0.15, 0.2) is 0 Å². The number of hydrogen-bond donors (Lipinski definition) is 1. The van der Waals surface area contributed by atoms with E-state index in [0.29, 0.717) is 0 Å². The Hall–Kier alpha value is -0.0900. The summed E-state index contributed by atoms with van der Waals surface area (Å²) in [5.41, 5.74) is 1.37. The fraction of sp³-hybridized carbons (Fsp3) is 0.739. The van der Waals surface area contributed by atoms with Crippen molar-refractivity contribution >= 4 is 27.5 Å². The fourth-order valence-electron chi connectivity index (χ4n) is 4.97. The molecule has 1 aliphatic heterocycles. The summed E-state index contributed by atoms with van der Waals surface area (Å²) >= 11 is 9.85. The average molecular weight is 456 g/mol. The van der Waals surface area contributed by atoms with Crippen molar-refractivity contribution in [3.63, 3.8) is 0 Å². The van der Waals surface area contributed by atoms with E-state index in [0.717, 1.165) is 35.9 Å². The highest BCUT2D eigenvalue weighted by molar-refractivity contribution is 9.10. The second-order valence-electron chi connectivity index (χ2n) is 8.64. The molecule has 0 spiro atoms. The molecule has 0 atom stereocenters. The van der Waals surface area contributed by atoms with Crippen molar-refractivity contribution in [3.8, 4) is 0 Å². The van der Waals surface area contributed by atoms with Gasteiger partial charge in [-0.3, -0.25) is 0 Å². The summed E-state index contributed by atoms with van der Waals surface area (Å²) in [7, 11) is 0. The molecule has 2 aliphatic rings. The van der Waals surface area contributed by atoms with Crippen molar-refractivity contribution in [2.24, 2.45) is 11.8 Å². The molecule has 3 rings (SSSR count). The standard InChI is InChI=1S/C23H36BrClN2/c1-2-26-22-8-5-18(6-9-22)4-3-13-27-14-11-19(12-15-27)16-20-17-21(25)7-10-23(20)24/h7,10,17-19,22,26H,2-6,8-9,11-16H2,1H3/t18-,22-. The summed E-state index contributed by atoms with van der Waals surface area (Å²) in [6.45, 7) is 7.20. The zero-order valence-corrected chi connectivity index (χ0v) is 19.2. The van der Waals surface area contributed by atoms with Gasteiger partial charge in [-0.1, -0.05) is 34.5 Å². The van der Waals surface area contributed by atoms with E-state index in [1.54, 1.807) is 0 Å². The van der Waals surface area contributed by atoms with Gasteiger partial charge in [-0.15, -0.1) is 0 Å². The monoisotopic (exact) mass is 454 g/mol. The van der Waals surface area contributed by atoms with Gasteiger partial charge in [0.05, 0.1) is 0 Å². The molecule has 1 aromatic rings. The third-order valence-corrected chi connectivity index (χ3v) is 7.66. The highest BCUT2D eigenvalue weighted by Gasteiger charge is 2.22. The Bertz CT molecular complexity index is 563. The van der Waals surface area contributed by atoms with Crippen molar-refractivity contribution in [2.75, 3.05) is 26.2 Å². The lowest BCUT2D eigenvalue weighted by Gasteiger charge is -2.33. The first-order valence-corrected chi connectivity index (χ1v) is 12.2. The Kier molecular flexibility index (Phi) is 8.96. The summed E-state index contributed by atoms with van der Waals surface area (Å²) in [6, 6.07) is 6.97. The van der Waals surface area contributed by atoms with Gasteiger partial charge < -0.3 is 10.2 Å². The van der Waals surface area contributed by atoms with E-state index in [4.69, 9.17) is 11.6 Å². The molecule has 1 heterocycles. The highest BCUT2D eigenvalue weighted by Crippen LogP contribution is 2.30. The Morgan fingerprint density at radius 3 is 2.52 bits per heavy atom. The Balaban J connectivity index is 1.30. The molecular weight excluding hydrogens is 420 g/mol. The molecule has 1 saturated heterocycles. The van der Waals surface area contributed by atoms with Gasteiger partial charge in [0.1, 0.15) is 0 Å². The normalized spacial score (nSPS) is 25.0. The molecule has 2 fully saturated rings. The highest BCUT2D eigenvalue weighted by atomic mass is 79.9. The molecule has 27 heavy (non-hydrogen) atoms. The van der Waals surface area contributed by atoms with Gasteiger partial charge >= 0.3 is 0 Å². The van der Waals surface area contributed by atoms with E-state index in [9.17, 15) is 0 Å². The maximum absolute atomic E-state index is 6.17. The lowest BCUT2D eigenvalue weighted by Crippen LogP contribution is -2.35. The zero-order chi connectivity index (χ0) is 19.1. The minimum absolute atomic E-state index is 0.796. The van der Waals surface area contributed by atoms with Crippen LogP contribution in [0.5, 0.6) is 0 Å². The third-order valence-electron chi connectivity index (χ3n) is 6.65. The molecule has 152 valence electrons. The summed E-state index contributed by atoms with van der Waals surface area (Å²) < 4.78 is 1.21. The van der Waals surface area contributed by atoms with Crippen LogP contribution in [-0.4, -0.2) is 37.1 Å². The number of nitrogens with zero attached hydrogens (tertiary/aromatic N) is 1. The molecule has 1 saturated carbocycles. The minimum Gasteiger partial charge on any atom is -0.314 e. The van der Waals surface area contributed by atoms with E-state index < -0.39 is 0 Å². The Morgan fingerprint density at radius 1 is 1.07 bits per heavy atom. The molecule has 0 radical (unpaired) electrons. The first-order chi connectivity index (χ1) is 13.1. The lowest BCUT2D eigenvalue weighted by molar-refractivity contribution is 0.174. The van der Waals surface area contributed by atoms with E-state index in [2.05, 4.69) is 45.2 Å². The van der Waals surface area contributed by atoms with E-state index in [1.165, 1.54) is 81.0 Å². The predicted molar refractivity (Wildman–Crippen MR) is 121 cm³/mol. The van der Waals surface area contributed by atoms with Gasteiger partial charge in [-0.05, 0) is 120 Å². The summed E-state index contributed by atoms with van der Waals surface area (Å²) in [5, 5.41) is 4.47. The zero-order valence-electron chi connectivity index (χ0n) is 16.9. The number of nitrogens with one attached hydrogen (secondary N) is 1. The molecule has 4 heteroatoms.